The largest absolute Gasteiger partial charge is 0.481 e. The summed E-state index contributed by atoms with van der Waals surface area (Å²) in [5.74, 6) is -1.81. The van der Waals surface area contributed by atoms with E-state index in [0.29, 0.717) is 13.2 Å². The van der Waals surface area contributed by atoms with Crippen LogP contribution >= 0.6 is 0 Å². The van der Waals surface area contributed by atoms with E-state index in [-0.39, 0.29) is 11.8 Å². The Kier molecular flexibility index (Phi) is 19.4. The Labute approximate surface area is 177 Å². The molecule has 0 radical (unpaired) electrons. The Morgan fingerprint density at radius 3 is 1.45 bits per heavy atom. The third-order valence-electron chi connectivity index (χ3n) is 5.42. The van der Waals surface area contributed by atoms with Crippen molar-refractivity contribution < 1.29 is 29.6 Å². The van der Waals surface area contributed by atoms with Gasteiger partial charge in [0.2, 0.25) is 0 Å². The molecule has 0 heterocycles. The normalized spacial score (nSPS) is 13.3. The molecular formula is C23H44O6. The van der Waals surface area contributed by atoms with Crippen LogP contribution in [0.15, 0.2) is 0 Å². The van der Waals surface area contributed by atoms with Gasteiger partial charge in [0.1, 0.15) is 0 Å². The number of hydrogen-bond acceptors (Lipinski definition) is 4. The van der Waals surface area contributed by atoms with Crippen LogP contribution in [-0.4, -0.2) is 35.4 Å². The highest BCUT2D eigenvalue weighted by Gasteiger charge is 2.17. The lowest BCUT2D eigenvalue weighted by molar-refractivity contribution is -0.291. The van der Waals surface area contributed by atoms with Crippen molar-refractivity contribution >= 4 is 11.9 Å². The minimum absolute atomic E-state index is 0.219. The Morgan fingerprint density at radius 2 is 1.03 bits per heavy atom. The molecule has 0 aromatic rings. The van der Waals surface area contributed by atoms with Crippen LogP contribution in [0.1, 0.15) is 110 Å². The first-order valence-electron chi connectivity index (χ1n) is 11.7. The molecule has 0 aromatic heterocycles. The number of hydrogen-bond donors (Lipinski definition) is 2. The number of carbonyl (C=O) groups is 2. The van der Waals surface area contributed by atoms with E-state index in [4.69, 9.17) is 14.9 Å². The monoisotopic (exact) mass is 416 g/mol. The first kappa shape index (κ1) is 27.9. The molecule has 0 spiro atoms. The molecule has 2 atom stereocenters. The number of aliphatic carboxylic acids is 2. The summed E-state index contributed by atoms with van der Waals surface area (Å²) in [7, 11) is 0. The molecule has 0 bridgehead atoms. The molecule has 0 aliphatic rings. The van der Waals surface area contributed by atoms with Gasteiger partial charge >= 0.3 is 11.9 Å². The molecule has 29 heavy (non-hydrogen) atoms. The van der Waals surface area contributed by atoms with Gasteiger partial charge in [-0.2, -0.15) is 0 Å². The van der Waals surface area contributed by atoms with Crippen LogP contribution < -0.4 is 0 Å². The quantitative estimate of drug-likeness (QED) is 0.123. The van der Waals surface area contributed by atoms with Crippen molar-refractivity contribution in [3.8, 4) is 0 Å². The van der Waals surface area contributed by atoms with Crippen molar-refractivity contribution in [2.24, 2.45) is 11.8 Å². The fraction of sp³-hybridized carbons (Fsp3) is 0.913. The summed E-state index contributed by atoms with van der Waals surface area (Å²) in [6, 6.07) is 0. The molecule has 0 amide bonds. The maximum Gasteiger partial charge on any atom is 0.306 e. The zero-order valence-corrected chi connectivity index (χ0v) is 18.7. The van der Waals surface area contributed by atoms with Crippen LogP contribution in [0, 0.1) is 11.8 Å². The topological polar surface area (TPSA) is 93.1 Å². The van der Waals surface area contributed by atoms with Gasteiger partial charge in [-0.05, 0) is 39.0 Å². The van der Waals surface area contributed by atoms with Crippen LogP contribution in [0.25, 0.3) is 0 Å². The molecule has 0 rings (SSSR count). The average molecular weight is 417 g/mol. The van der Waals surface area contributed by atoms with Crippen molar-refractivity contribution in [1.29, 1.82) is 0 Å². The maximum atomic E-state index is 11.5. The van der Waals surface area contributed by atoms with Crippen molar-refractivity contribution in [2.75, 3.05) is 13.2 Å². The van der Waals surface area contributed by atoms with E-state index in [9.17, 15) is 14.7 Å². The van der Waals surface area contributed by atoms with Gasteiger partial charge in [-0.1, -0.05) is 71.1 Å². The van der Waals surface area contributed by atoms with E-state index in [1.54, 1.807) is 0 Å². The molecule has 0 saturated carbocycles. The highest BCUT2D eigenvalue weighted by Crippen LogP contribution is 2.21. The van der Waals surface area contributed by atoms with Gasteiger partial charge in [0.05, 0.1) is 25.0 Å². The van der Waals surface area contributed by atoms with Crippen LogP contribution in [0.3, 0.4) is 0 Å². The van der Waals surface area contributed by atoms with E-state index in [2.05, 4.69) is 0 Å². The predicted octanol–water partition coefficient (Wildman–Crippen LogP) is 6.23. The predicted molar refractivity (Wildman–Crippen MR) is 115 cm³/mol. The minimum Gasteiger partial charge on any atom is -0.481 e. The van der Waals surface area contributed by atoms with Gasteiger partial charge < -0.3 is 10.2 Å². The minimum atomic E-state index is -0.684. The molecule has 0 saturated heterocycles. The Morgan fingerprint density at radius 1 is 0.621 bits per heavy atom. The van der Waals surface area contributed by atoms with Gasteiger partial charge in [0, 0.05) is 0 Å². The lowest BCUT2D eigenvalue weighted by Crippen LogP contribution is -2.14. The standard InChI is InChI=1S/C23H44O6/c1-3-15-20(22(24)25)16-12-8-9-13-18-21(23(26)27)17-11-7-5-6-10-14-19-29-28-4-2/h20-21H,3-19H2,1-2H3,(H,24,25)(H,26,27). The fourth-order valence-electron chi connectivity index (χ4n) is 3.67. The Hall–Kier alpha value is -1.14. The SMILES string of the molecule is CCCC(CCCCCCC(CCCCCCCCOOCC)C(=O)O)C(=O)O. The summed E-state index contributed by atoms with van der Waals surface area (Å²) in [5, 5.41) is 18.6. The van der Waals surface area contributed by atoms with Crippen molar-refractivity contribution in [3.63, 3.8) is 0 Å². The van der Waals surface area contributed by atoms with Crippen LogP contribution in [0.5, 0.6) is 0 Å². The second kappa shape index (κ2) is 20.1. The Balaban J connectivity index is 3.67. The van der Waals surface area contributed by atoms with Gasteiger partial charge in [0.25, 0.3) is 0 Å². The molecule has 172 valence electrons. The second-order valence-corrected chi connectivity index (χ2v) is 7.99. The molecular weight excluding hydrogens is 372 g/mol. The summed E-state index contributed by atoms with van der Waals surface area (Å²) >= 11 is 0. The number of carboxylic acid groups (broad SMARTS) is 2. The number of carboxylic acids is 2. The lowest BCUT2D eigenvalue weighted by atomic mass is 9.93. The molecule has 6 nitrogen and oxygen atoms in total. The van der Waals surface area contributed by atoms with Gasteiger partial charge in [-0.15, -0.1) is 0 Å². The summed E-state index contributed by atoms with van der Waals surface area (Å²) in [6.45, 7) is 5.13. The highest BCUT2D eigenvalue weighted by molar-refractivity contribution is 5.70. The molecule has 2 unspecified atom stereocenters. The van der Waals surface area contributed by atoms with Crippen LogP contribution in [-0.2, 0) is 19.4 Å². The number of unbranched alkanes of at least 4 members (excludes halogenated alkanes) is 8. The number of rotatable bonds is 22. The molecule has 0 aliphatic carbocycles. The van der Waals surface area contributed by atoms with E-state index >= 15 is 0 Å². The van der Waals surface area contributed by atoms with Crippen LogP contribution in [0.2, 0.25) is 0 Å². The van der Waals surface area contributed by atoms with E-state index in [0.717, 1.165) is 96.3 Å². The van der Waals surface area contributed by atoms with Gasteiger partial charge in [0.15, 0.2) is 0 Å². The van der Waals surface area contributed by atoms with E-state index in [1.807, 2.05) is 13.8 Å². The zero-order valence-electron chi connectivity index (χ0n) is 18.7. The maximum absolute atomic E-state index is 11.5. The Bertz CT molecular complexity index is 399. The lowest BCUT2D eigenvalue weighted by Gasteiger charge is -2.13. The molecule has 0 aliphatic heterocycles. The average Bonchev–Trinajstić information content (AvgIpc) is 2.68. The second-order valence-electron chi connectivity index (χ2n) is 7.99. The van der Waals surface area contributed by atoms with Crippen molar-refractivity contribution in [3.05, 3.63) is 0 Å². The summed E-state index contributed by atoms with van der Waals surface area (Å²) < 4.78 is 0. The van der Waals surface area contributed by atoms with Gasteiger partial charge in [-0.25, -0.2) is 9.78 Å². The molecule has 0 aromatic carbocycles. The summed E-state index contributed by atoms with van der Waals surface area (Å²) in [4.78, 5) is 32.4. The fourth-order valence-corrected chi connectivity index (χ4v) is 3.67. The van der Waals surface area contributed by atoms with E-state index in [1.165, 1.54) is 0 Å². The summed E-state index contributed by atoms with van der Waals surface area (Å²) in [6.07, 6.45) is 14.2. The molecule has 0 fully saturated rings. The van der Waals surface area contributed by atoms with Gasteiger partial charge in [-0.3, -0.25) is 9.59 Å². The first-order chi connectivity index (χ1) is 14.0. The van der Waals surface area contributed by atoms with Crippen LogP contribution in [0.4, 0.5) is 0 Å². The first-order valence-corrected chi connectivity index (χ1v) is 11.7. The zero-order chi connectivity index (χ0) is 21.7. The van der Waals surface area contributed by atoms with Crippen molar-refractivity contribution in [1.82, 2.24) is 0 Å². The summed E-state index contributed by atoms with van der Waals surface area (Å²) in [5.41, 5.74) is 0. The molecule has 6 heteroatoms. The van der Waals surface area contributed by atoms with Crippen molar-refractivity contribution in [2.45, 2.75) is 110 Å². The third kappa shape index (κ3) is 17.4. The van der Waals surface area contributed by atoms with E-state index < -0.39 is 11.9 Å². The third-order valence-corrected chi connectivity index (χ3v) is 5.42. The smallest absolute Gasteiger partial charge is 0.306 e. The highest BCUT2D eigenvalue weighted by atomic mass is 17.2. The molecule has 2 N–H and O–H groups in total.